The molecule has 1 heterocycles. The highest BCUT2D eigenvalue weighted by atomic mass is 16.5. The van der Waals surface area contributed by atoms with Crippen LogP contribution in [0.25, 0.3) is 32.9 Å². The Morgan fingerprint density at radius 3 is 2.71 bits per heavy atom. The summed E-state index contributed by atoms with van der Waals surface area (Å²) in [5.74, 6) is 0.839. The SMILES string of the molecule is COc1ccc2[nH]cnc2c1-c1cccc2ccccc12. The highest BCUT2D eigenvalue weighted by Gasteiger charge is 2.14. The molecule has 3 aromatic carbocycles. The van der Waals surface area contributed by atoms with Crippen molar-refractivity contribution in [2.24, 2.45) is 0 Å². The molecule has 102 valence electrons. The van der Waals surface area contributed by atoms with Crippen LogP contribution in [-0.4, -0.2) is 17.1 Å². The number of methoxy groups -OCH3 is 1. The Labute approximate surface area is 122 Å². The molecule has 0 saturated heterocycles. The number of H-pyrrole nitrogens is 1. The maximum absolute atomic E-state index is 5.57. The lowest BCUT2D eigenvalue weighted by Crippen LogP contribution is -1.90. The first-order chi connectivity index (χ1) is 10.4. The number of fused-ring (bicyclic) bond motifs is 2. The Balaban J connectivity index is 2.15. The van der Waals surface area contributed by atoms with Crippen molar-refractivity contribution < 1.29 is 4.74 Å². The molecule has 4 rings (SSSR count). The predicted octanol–water partition coefficient (Wildman–Crippen LogP) is 4.39. The van der Waals surface area contributed by atoms with E-state index in [9.17, 15) is 0 Å². The summed E-state index contributed by atoms with van der Waals surface area (Å²) in [4.78, 5) is 7.64. The smallest absolute Gasteiger partial charge is 0.129 e. The Morgan fingerprint density at radius 2 is 1.81 bits per heavy atom. The quantitative estimate of drug-likeness (QED) is 0.588. The van der Waals surface area contributed by atoms with Crippen molar-refractivity contribution >= 4 is 21.8 Å². The van der Waals surface area contributed by atoms with Gasteiger partial charge in [0, 0.05) is 0 Å². The van der Waals surface area contributed by atoms with Gasteiger partial charge in [0.2, 0.25) is 0 Å². The fourth-order valence-electron chi connectivity index (χ4n) is 2.86. The molecule has 0 amide bonds. The van der Waals surface area contributed by atoms with E-state index >= 15 is 0 Å². The minimum atomic E-state index is 0.839. The number of rotatable bonds is 2. The molecule has 0 radical (unpaired) electrons. The topological polar surface area (TPSA) is 37.9 Å². The Bertz CT molecular complexity index is 935. The second-order valence-corrected chi connectivity index (χ2v) is 4.97. The third kappa shape index (κ3) is 1.78. The maximum atomic E-state index is 5.57. The molecule has 3 nitrogen and oxygen atoms in total. The van der Waals surface area contributed by atoms with Gasteiger partial charge in [-0.2, -0.15) is 0 Å². The molecule has 0 atom stereocenters. The van der Waals surface area contributed by atoms with Crippen LogP contribution < -0.4 is 4.74 Å². The molecule has 4 aromatic rings. The average Bonchev–Trinajstić information content (AvgIpc) is 3.02. The second-order valence-electron chi connectivity index (χ2n) is 4.97. The van der Waals surface area contributed by atoms with Gasteiger partial charge in [-0.25, -0.2) is 4.98 Å². The first kappa shape index (κ1) is 12.0. The van der Waals surface area contributed by atoms with E-state index in [4.69, 9.17) is 4.74 Å². The Hall–Kier alpha value is -2.81. The van der Waals surface area contributed by atoms with Crippen molar-refractivity contribution in [3.63, 3.8) is 0 Å². The number of hydrogen-bond donors (Lipinski definition) is 1. The second kappa shape index (κ2) is 4.63. The lowest BCUT2D eigenvalue weighted by atomic mass is 9.96. The largest absolute Gasteiger partial charge is 0.496 e. The molecule has 0 bridgehead atoms. The van der Waals surface area contributed by atoms with Gasteiger partial charge in [-0.15, -0.1) is 0 Å². The zero-order valence-electron chi connectivity index (χ0n) is 11.6. The van der Waals surface area contributed by atoms with Crippen LogP contribution >= 0.6 is 0 Å². The van der Waals surface area contributed by atoms with Crippen LogP contribution in [-0.2, 0) is 0 Å². The molecule has 0 fully saturated rings. The van der Waals surface area contributed by atoms with E-state index in [1.54, 1.807) is 13.4 Å². The van der Waals surface area contributed by atoms with Crippen LogP contribution in [0.15, 0.2) is 60.9 Å². The highest BCUT2D eigenvalue weighted by Crippen LogP contribution is 2.39. The van der Waals surface area contributed by atoms with Crippen molar-refractivity contribution in [2.45, 2.75) is 0 Å². The minimum Gasteiger partial charge on any atom is -0.496 e. The summed E-state index contributed by atoms with van der Waals surface area (Å²) in [6.07, 6.45) is 1.72. The Kier molecular flexibility index (Phi) is 2.64. The number of benzene rings is 3. The van der Waals surface area contributed by atoms with Gasteiger partial charge in [-0.3, -0.25) is 0 Å². The van der Waals surface area contributed by atoms with Gasteiger partial charge in [-0.1, -0.05) is 42.5 Å². The molecule has 21 heavy (non-hydrogen) atoms. The normalized spacial score (nSPS) is 11.1. The van der Waals surface area contributed by atoms with Crippen LogP contribution in [0.4, 0.5) is 0 Å². The first-order valence-corrected chi connectivity index (χ1v) is 6.86. The lowest BCUT2D eigenvalue weighted by Gasteiger charge is -2.12. The van der Waals surface area contributed by atoms with Crippen LogP contribution in [0.2, 0.25) is 0 Å². The molecule has 0 spiro atoms. The van der Waals surface area contributed by atoms with Crippen LogP contribution in [0, 0.1) is 0 Å². The zero-order valence-corrected chi connectivity index (χ0v) is 11.6. The van der Waals surface area contributed by atoms with Gasteiger partial charge in [-0.05, 0) is 28.5 Å². The minimum absolute atomic E-state index is 0.839. The van der Waals surface area contributed by atoms with Gasteiger partial charge < -0.3 is 9.72 Å². The number of aromatic nitrogens is 2. The molecular weight excluding hydrogens is 260 g/mol. The third-order valence-electron chi connectivity index (χ3n) is 3.83. The van der Waals surface area contributed by atoms with E-state index < -0.39 is 0 Å². The van der Waals surface area contributed by atoms with Crippen molar-refractivity contribution in [1.29, 1.82) is 0 Å². The van der Waals surface area contributed by atoms with Gasteiger partial charge in [0.25, 0.3) is 0 Å². The van der Waals surface area contributed by atoms with E-state index in [-0.39, 0.29) is 0 Å². The summed E-state index contributed by atoms with van der Waals surface area (Å²) in [7, 11) is 1.70. The zero-order chi connectivity index (χ0) is 14.2. The van der Waals surface area contributed by atoms with E-state index in [2.05, 4.69) is 52.4 Å². The molecule has 1 aromatic heterocycles. The summed E-state index contributed by atoms with van der Waals surface area (Å²) in [6, 6.07) is 18.7. The molecule has 0 aliphatic heterocycles. The molecule has 3 heteroatoms. The first-order valence-electron chi connectivity index (χ1n) is 6.86. The third-order valence-corrected chi connectivity index (χ3v) is 3.83. The summed E-state index contributed by atoms with van der Waals surface area (Å²) in [5.41, 5.74) is 4.13. The van der Waals surface area contributed by atoms with Crippen molar-refractivity contribution in [3.8, 4) is 16.9 Å². The molecule has 0 aliphatic rings. The maximum Gasteiger partial charge on any atom is 0.129 e. The number of nitrogens with zero attached hydrogens (tertiary/aromatic N) is 1. The van der Waals surface area contributed by atoms with Gasteiger partial charge in [0.15, 0.2) is 0 Å². The number of aromatic amines is 1. The van der Waals surface area contributed by atoms with Gasteiger partial charge >= 0.3 is 0 Å². The molecule has 1 N–H and O–H groups in total. The number of nitrogens with one attached hydrogen (secondary N) is 1. The van der Waals surface area contributed by atoms with E-state index in [1.807, 2.05) is 12.1 Å². The van der Waals surface area contributed by atoms with Gasteiger partial charge in [0.05, 0.1) is 30.0 Å². The molecule has 0 unspecified atom stereocenters. The summed E-state index contributed by atoms with van der Waals surface area (Å²) >= 11 is 0. The van der Waals surface area contributed by atoms with E-state index in [0.717, 1.165) is 27.9 Å². The number of hydrogen-bond acceptors (Lipinski definition) is 2. The van der Waals surface area contributed by atoms with Crippen LogP contribution in [0.5, 0.6) is 5.75 Å². The number of ether oxygens (including phenoxy) is 1. The fraction of sp³-hybridized carbons (Fsp3) is 0.0556. The van der Waals surface area contributed by atoms with Gasteiger partial charge in [0.1, 0.15) is 5.75 Å². The molecular formula is C18H14N2O. The monoisotopic (exact) mass is 274 g/mol. The number of imidazole rings is 1. The van der Waals surface area contributed by atoms with Crippen molar-refractivity contribution in [2.75, 3.05) is 7.11 Å². The molecule has 0 saturated carbocycles. The summed E-state index contributed by atoms with van der Waals surface area (Å²) in [6.45, 7) is 0. The predicted molar refractivity (Wildman–Crippen MR) is 85.6 cm³/mol. The van der Waals surface area contributed by atoms with Crippen LogP contribution in [0.3, 0.4) is 0 Å². The fourth-order valence-corrected chi connectivity index (χ4v) is 2.86. The van der Waals surface area contributed by atoms with E-state index in [1.165, 1.54) is 10.8 Å². The van der Waals surface area contributed by atoms with Crippen molar-refractivity contribution in [1.82, 2.24) is 9.97 Å². The lowest BCUT2D eigenvalue weighted by molar-refractivity contribution is 0.417. The standard InChI is InChI=1S/C18H14N2O/c1-21-16-10-9-15-18(20-11-19-15)17(16)14-8-4-6-12-5-2-3-7-13(12)14/h2-11H,1H3,(H,19,20). The average molecular weight is 274 g/mol. The van der Waals surface area contributed by atoms with Crippen molar-refractivity contribution in [3.05, 3.63) is 60.9 Å². The van der Waals surface area contributed by atoms with Crippen LogP contribution in [0.1, 0.15) is 0 Å². The Morgan fingerprint density at radius 1 is 0.952 bits per heavy atom. The molecule has 0 aliphatic carbocycles. The summed E-state index contributed by atoms with van der Waals surface area (Å²) in [5, 5.41) is 2.42. The highest BCUT2D eigenvalue weighted by molar-refractivity contribution is 6.05. The van der Waals surface area contributed by atoms with E-state index in [0.29, 0.717) is 0 Å². The summed E-state index contributed by atoms with van der Waals surface area (Å²) < 4.78 is 5.57.